The Balaban J connectivity index is 1.87. The third-order valence-corrected chi connectivity index (χ3v) is 2.92. The van der Waals surface area contributed by atoms with Gasteiger partial charge in [0.2, 0.25) is 0 Å². The Morgan fingerprint density at radius 1 is 1.53 bits per heavy atom. The van der Waals surface area contributed by atoms with E-state index in [0.717, 1.165) is 0 Å². The molecule has 88 valence electrons. The Labute approximate surface area is 107 Å². The summed E-state index contributed by atoms with van der Waals surface area (Å²) in [6.45, 7) is -0.229. The molecule has 2 rings (SSSR count). The zero-order chi connectivity index (χ0) is 12.3. The van der Waals surface area contributed by atoms with E-state index < -0.39 is 11.6 Å². The first-order chi connectivity index (χ1) is 8.15. The lowest BCUT2D eigenvalue weighted by Gasteiger charge is -2.07. The molecule has 0 amide bonds. The minimum Gasteiger partial charge on any atom is -0.459 e. The zero-order valence-electron chi connectivity index (χ0n) is 8.95. The van der Waals surface area contributed by atoms with Crippen LogP contribution in [-0.4, -0.2) is 18.2 Å². The molecular weight excluding hydrogens is 287 g/mol. The van der Waals surface area contributed by atoms with E-state index in [0.29, 0.717) is 12.0 Å². The van der Waals surface area contributed by atoms with E-state index in [1.54, 1.807) is 30.3 Å². The van der Waals surface area contributed by atoms with Gasteiger partial charge in [0.05, 0.1) is 11.5 Å². The zero-order valence-corrected chi connectivity index (χ0v) is 10.5. The highest BCUT2D eigenvalue weighted by molar-refractivity contribution is 9.12. The monoisotopic (exact) mass is 296 g/mol. The first-order valence-electron chi connectivity index (χ1n) is 5.18. The van der Waals surface area contributed by atoms with Gasteiger partial charge in [0.25, 0.3) is 0 Å². The molecule has 0 unspecified atom stereocenters. The number of ether oxygens (including phenoxy) is 1. The number of carbonyl (C=O) groups excluding carboxylic acids is 1. The number of rotatable bonds is 3. The molecule has 0 radical (unpaired) electrons. The fourth-order valence-corrected chi connectivity index (χ4v) is 1.81. The molecule has 2 nitrogen and oxygen atoms in total. The Hall–Kier alpha value is -1.34. The van der Waals surface area contributed by atoms with Crippen LogP contribution in [0.1, 0.15) is 16.8 Å². The third kappa shape index (κ3) is 2.86. The Kier molecular flexibility index (Phi) is 3.49. The molecule has 0 saturated heterocycles. The average molecular weight is 297 g/mol. The van der Waals surface area contributed by atoms with E-state index in [-0.39, 0.29) is 12.5 Å². The van der Waals surface area contributed by atoms with Crippen molar-refractivity contribution < 1.29 is 13.9 Å². The second-order valence-corrected chi connectivity index (χ2v) is 4.37. The van der Waals surface area contributed by atoms with Crippen LogP contribution in [0, 0.1) is 16.7 Å². The van der Waals surface area contributed by atoms with Gasteiger partial charge in [-0.2, -0.15) is 0 Å². The van der Waals surface area contributed by atoms with Crippen LogP contribution in [0.25, 0.3) is 0 Å². The highest BCUT2D eigenvalue weighted by Gasteiger charge is 2.56. The number of benzene rings is 1. The van der Waals surface area contributed by atoms with E-state index in [4.69, 9.17) is 4.74 Å². The summed E-state index contributed by atoms with van der Waals surface area (Å²) in [6.07, 6.45) is 0.327. The molecule has 1 aromatic carbocycles. The predicted molar refractivity (Wildman–Crippen MR) is 65.4 cm³/mol. The highest BCUT2D eigenvalue weighted by Crippen LogP contribution is 2.47. The molecule has 1 fully saturated rings. The molecular formula is C13H10BrFO2. The van der Waals surface area contributed by atoms with E-state index in [9.17, 15) is 9.18 Å². The van der Waals surface area contributed by atoms with Crippen molar-refractivity contribution in [2.24, 2.45) is 5.92 Å². The van der Waals surface area contributed by atoms with Crippen LogP contribution in [0.3, 0.4) is 0 Å². The van der Waals surface area contributed by atoms with Crippen LogP contribution in [0.5, 0.6) is 0 Å². The first-order valence-corrected chi connectivity index (χ1v) is 5.97. The van der Waals surface area contributed by atoms with Gasteiger partial charge in [0.15, 0.2) is 5.67 Å². The van der Waals surface area contributed by atoms with Crippen molar-refractivity contribution in [1.82, 2.24) is 0 Å². The summed E-state index contributed by atoms with van der Waals surface area (Å²) in [6, 6.07) is 8.54. The van der Waals surface area contributed by atoms with Crippen molar-refractivity contribution in [3.05, 3.63) is 35.9 Å². The summed E-state index contributed by atoms with van der Waals surface area (Å²) >= 11 is 2.92. The summed E-state index contributed by atoms with van der Waals surface area (Å²) in [5.41, 5.74) is -1.04. The maximum atomic E-state index is 13.8. The predicted octanol–water partition coefficient (Wildman–Crippen LogP) is 2.93. The van der Waals surface area contributed by atoms with Gasteiger partial charge in [-0.25, -0.2) is 9.18 Å². The van der Waals surface area contributed by atoms with Crippen molar-refractivity contribution in [2.75, 3.05) is 6.61 Å². The Bertz CT molecular complexity index is 477. The normalized spacial score (nSPS) is 25.6. The van der Waals surface area contributed by atoms with Crippen LogP contribution in [0.2, 0.25) is 0 Å². The lowest BCUT2D eigenvalue weighted by Crippen LogP contribution is -2.17. The van der Waals surface area contributed by atoms with Gasteiger partial charge in [-0.3, -0.25) is 0 Å². The molecule has 1 saturated carbocycles. The summed E-state index contributed by atoms with van der Waals surface area (Å²) in [4.78, 5) is 14.0. The largest absolute Gasteiger partial charge is 0.459 e. The number of halogens is 2. The fraction of sp³-hybridized carbons (Fsp3) is 0.308. The van der Waals surface area contributed by atoms with Crippen molar-refractivity contribution in [2.45, 2.75) is 12.1 Å². The lowest BCUT2D eigenvalue weighted by atomic mass is 10.2. The molecule has 0 spiro atoms. The van der Waals surface area contributed by atoms with Crippen LogP contribution >= 0.6 is 15.9 Å². The quantitative estimate of drug-likeness (QED) is 0.633. The first kappa shape index (κ1) is 12.1. The molecule has 2 atom stereocenters. The van der Waals surface area contributed by atoms with E-state index in [2.05, 4.69) is 26.7 Å². The SMILES string of the molecule is O=C(OC[C@]1(F)C[C@H]1C#CBr)c1ccccc1. The minimum atomic E-state index is -1.47. The summed E-state index contributed by atoms with van der Waals surface area (Å²) < 4.78 is 18.8. The van der Waals surface area contributed by atoms with Gasteiger partial charge >= 0.3 is 5.97 Å². The molecule has 4 heteroatoms. The lowest BCUT2D eigenvalue weighted by molar-refractivity contribution is 0.0355. The third-order valence-electron chi connectivity index (χ3n) is 2.69. The molecule has 1 aliphatic carbocycles. The van der Waals surface area contributed by atoms with Gasteiger partial charge in [-0.15, -0.1) is 0 Å². The van der Waals surface area contributed by atoms with Gasteiger partial charge in [0, 0.05) is 22.4 Å². The van der Waals surface area contributed by atoms with Gasteiger partial charge in [-0.1, -0.05) is 24.1 Å². The molecule has 0 aliphatic heterocycles. The summed E-state index contributed by atoms with van der Waals surface area (Å²) in [5.74, 6) is 1.85. The second-order valence-electron chi connectivity index (χ2n) is 3.97. The van der Waals surface area contributed by atoms with Crippen molar-refractivity contribution in [3.63, 3.8) is 0 Å². The number of hydrogen-bond donors (Lipinski definition) is 0. The minimum absolute atomic E-state index is 0.229. The molecule has 17 heavy (non-hydrogen) atoms. The van der Waals surface area contributed by atoms with Crippen LogP contribution in [0.15, 0.2) is 30.3 Å². The summed E-state index contributed by atoms with van der Waals surface area (Å²) in [5, 5.41) is 0. The van der Waals surface area contributed by atoms with Crippen LogP contribution in [0.4, 0.5) is 4.39 Å². The Morgan fingerprint density at radius 2 is 2.24 bits per heavy atom. The van der Waals surface area contributed by atoms with Gasteiger partial charge in [-0.05, 0) is 17.0 Å². The van der Waals surface area contributed by atoms with E-state index in [1.165, 1.54) is 0 Å². The molecule has 0 heterocycles. The number of alkyl halides is 1. The fourth-order valence-electron chi connectivity index (χ4n) is 1.53. The van der Waals surface area contributed by atoms with Crippen LogP contribution in [-0.2, 0) is 4.74 Å². The van der Waals surface area contributed by atoms with Gasteiger partial charge < -0.3 is 4.74 Å². The Morgan fingerprint density at radius 3 is 2.88 bits per heavy atom. The number of hydrogen-bond acceptors (Lipinski definition) is 2. The maximum Gasteiger partial charge on any atom is 0.338 e. The highest BCUT2D eigenvalue weighted by atomic mass is 79.9. The van der Waals surface area contributed by atoms with Crippen molar-refractivity contribution in [1.29, 1.82) is 0 Å². The second kappa shape index (κ2) is 4.89. The van der Waals surface area contributed by atoms with Crippen molar-refractivity contribution in [3.8, 4) is 10.8 Å². The van der Waals surface area contributed by atoms with Crippen molar-refractivity contribution >= 4 is 21.9 Å². The molecule has 1 aliphatic rings. The van der Waals surface area contributed by atoms with Crippen LogP contribution < -0.4 is 0 Å². The molecule has 0 bridgehead atoms. The standard InChI is InChI=1S/C13H10BrFO2/c14-7-6-11-8-13(11,15)9-17-12(16)10-4-2-1-3-5-10/h1-5,11H,8-9H2/t11-,13-/m1/s1. The van der Waals surface area contributed by atoms with E-state index >= 15 is 0 Å². The smallest absolute Gasteiger partial charge is 0.338 e. The summed E-state index contributed by atoms with van der Waals surface area (Å²) in [7, 11) is 0. The molecule has 1 aromatic rings. The molecule has 0 N–H and O–H groups in total. The number of esters is 1. The number of carbonyl (C=O) groups is 1. The topological polar surface area (TPSA) is 26.3 Å². The van der Waals surface area contributed by atoms with E-state index in [1.807, 2.05) is 0 Å². The molecule has 0 aromatic heterocycles. The average Bonchev–Trinajstić information content (AvgIpc) is 2.99. The maximum absolute atomic E-state index is 13.8. The van der Waals surface area contributed by atoms with Gasteiger partial charge in [0.1, 0.15) is 6.61 Å².